The van der Waals surface area contributed by atoms with E-state index in [1.54, 1.807) is 26.0 Å². The molecule has 10 aromatic heterocycles. The molecular weight excluding hydrogens is 1730 g/mol. The Hall–Kier alpha value is -19.1. The van der Waals surface area contributed by atoms with E-state index in [1.165, 1.54) is 57.7 Å². The lowest BCUT2D eigenvalue weighted by atomic mass is 9.77. The van der Waals surface area contributed by atoms with Crippen LogP contribution in [-0.2, 0) is 5.41 Å². The van der Waals surface area contributed by atoms with E-state index >= 15 is 38.4 Å². The second-order valence-corrected chi connectivity index (χ2v) is 36.6. The number of phenols is 2. The van der Waals surface area contributed by atoms with Crippen LogP contribution in [0.3, 0.4) is 0 Å². The number of rotatable bonds is 12. The van der Waals surface area contributed by atoms with E-state index in [9.17, 15) is 10.2 Å². The summed E-state index contributed by atoms with van der Waals surface area (Å²) in [5, 5.41) is 34.3. The second-order valence-electron chi connectivity index (χ2n) is 36.6. The lowest BCUT2D eigenvalue weighted by Gasteiger charge is -2.27. The van der Waals surface area contributed by atoms with Gasteiger partial charge in [0, 0.05) is 70.0 Å². The molecule has 0 unspecified atom stereocenters. The topological polar surface area (TPSA) is 226 Å². The summed E-state index contributed by atoms with van der Waals surface area (Å²) in [6, 6.07) is 119. The fraction of sp³-hybridized carbons (Fsp3) is 0.0252. The van der Waals surface area contributed by atoms with Crippen molar-refractivity contribution in [2.75, 3.05) is 0 Å². The molecule has 10 heterocycles. The third kappa shape index (κ3) is 10.6. The highest BCUT2D eigenvalue weighted by Gasteiger charge is 2.36. The zero-order valence-electron chi connectivity index (χ0n) is 73.9. The van der Waals surface area contributed by atoms with Crippen LogP contribution in [-0.4, -0.2) is 55.9 Å². The number of benzene rings is 18. The molecule has 0 aliphatic carbocycles. The Morgan fingerprint density at radius 1 is 0.165 bits per heavy atom. The Kier molecular flexibility index (Phi) is 16.1. The minimum atomic E-state index is -1.22. The van der Waals surface area contributed by atoms with Crippen LogP contribution in [0.4, 0.5) is 0 Å². The lowest BCUT2D eigenvalue weighted by molar-refractivity contribution is 0.470. The third-order valence-corrected chi connectivity index (χ3v) is 29.2. The van der Waals surface area contributed by atoms with E-state index in [0.717, 1.165) is 151 Å². The molecule has 0 aliphatic heterocycles. The maximum atomic E-state index is 16.4. The molecule has 0 saturated carbocycles. The van der Waals surface area contributed by atoms with Crippen molar-refractivity contribution in [3.8, 4) is 68.4 Å². The van der Waals surface area contributed by atoms with E-state index in [0.29, 0.717) is 33.9 Å². The van der Waals surface area contributed by atoms with Crippen LogP contribution in [0.15, 0.2) is 414 Å². The highest BCUT2D eigenvalue weighted by molar-refractivity contribution is 6.17. The number of hydrogen-bond donors (Lipinski definition) is 2. The van der Waals surface area contributed by atoms with Crippen molar-refractivity contribution in [1.82, 2.24) is 45.7 Å². The minimum Gasteiger partial charge on any atom is -0.506 e. The first kappa shape index (κ1) is 78.6. The zero-order chi connectivity index (χ0) is 93.3. The molecular formula is C119H70N10O10. The van der Waals surface area contributed by atoms with Crippen molar-refractivity contribution >= 4 is 174 Å². The maximum Gasteiger partial charge on any atom is 0.266 e. The van der Waals surface area contributed by atoms with E-state index in [1.807, 2.05) is 218 Å². The van der Waals surface area contributed by atoms with Gasteiger partial charge in [-0.05, 0) is 157 Å². The van der Waals surface area contributed by atoms with Crippen LogP contribution in [0.2, 0.25) is 0 Å². The van der Waals surface area contributed by atoms with Crippen molar-refractivity contribution in [2.45, 2.75) is 19.3 Å². The van der Waals surface area contributed by atoms with E-state index in [2.05, 4.69) is 124 Å². The molecule has 0 radical (unpaired) electrons. The van der Waals surface area contributed by atoms with Crippen LogP contribution < -0.4 is 44.5 Å². The number of para-hydroxylation sites is 12. The zero-order valence-corrected chi connectivity index (χ0v) is 73.9. The van der Waals surface area contributed by atoms with E-state index in [4.69, 9.17) is 0 Å². The van der Waals surface area contributed by atoms with Gasteiger partial charge in [-0.1, -0.05) is 244 Å². The Bertz CT molecular complexity index is 9590. The van der Waals surface area contributed by atoms with Gasteiger partial charge in [0.15, 0.2) is 0 Å². The number of aromatic hydroxyl groups is 2. The number of hydrogen-bond acceptors (Lipinski definition) is 10. The van der Waals surface area contributed by atoms with Crippen LogP contribution in [0.5, 0.6) is 11.5 Å². The van der Waals surface area contributed by atoms with Gasteiger partial charge in [0.25, 0.3) is 44.5 Å². The number of nitrogens with zero attached hydrogens (tertiary/aromatic N) is 10. The highest BCUT2D eigenvalue weighted by Crippen LogP contribution is 2.48. The summed E-state index contributed by atoms with van der Waals surface area (Å²) >= 11 is 0. The van der Waals surface area contributed by atoms with Gasteiger partial charge in [0.1, 0.15) is 22.9 Å². The molecule has 0 fully saturated rings. The Morgan fingerprint density at radius 3 is 0.518 bits per heavy atom. The Balaban J connectivity index is 0.590. The first-order chi connectivity index (χ1) is 67.9. The average Bonchev–Trinajstić information content (AvgIpc) is 1.54. The quantitative estimate of drug-likeness (QED) is 0.118. The number of phenolic OH excluding ortho intramolecular Hbond substituents is 2. The van der Waals surface area contributed by atoms with Crippen LogP contribution in [0, 0.1) is 0 Å². The van der Waals surface area contributed by atoms with Crippen molar-refractivity contribution in [1.29, 1.82) is 0 Å². The fourth-order valence-corrected chi connectivity index (χ4v) is 22.8. The van der Waals surface area contributed by atoms with Gasteiger partial charge in [-0.25, -0.2) is 18.3 Å². The van der Waals surface area contributed by atoms with Crippen LogP contribution in [0.25, 0.3) is 231 Å². The van der Waals surface area contributed by atoms with Crippen molar-refractivity contribution in [3.05, 3.63) is 470 Å². The molecule has 28 rings (SSSR count). The molecule has 139 heavy (non-hydrogen) atoms. The number of fused-ring (bicyclic) bond motifs is 22. The maximum absolute atomic E-state index is 16.4. The molecule has 0 amide bonds. The van der Waals surface area contributed by atoms with Crippen molar-refractivity contribution < 1.29 is 10.2 Å². The van der Waals surface area contributed by atoms with Crippen molar-refractivity contribution in [3.63, 3.8) is 0 Å². The van der Waals surface area contributed by atoms with Gasteiger partial charge in [0.05, 0.1) is 155 Å². The third-order valence-electron chi connectivity index (χ3n) is 29.2. The molecule has 28 aromatic rings. The van der Waals surface area contributed by atoms with E-state index < -0.39 is 61.4 Å². The Labute approximate surface area is 782 Å². The lowest BCUT2D eigenvalue weighted by Crippen LogP contribution is -2.27. The molecule has 656 valence electrons. The summed E-state index contributed by atoms with van der Waals surface area (Å²) in [6.07, 6.45) is 0. The molecule has 0 bridgehead atoms. The summed E-state index contributed by atoms with van der Waals surface area (Å²) in [5.74, 6) is -0.936. The van der Waals surface area contributed by atoms with Gasteiger partial charge in [0.2, 0.25) is 0 Å². The van der Waals surface area contributed by atoms with Crippen molar-refractivity contribution in [2.24, 2.45) is 0 Å². The van der Waals surface area contributed by atoms with Gasteiger partial charge >= 0.3 is 0 Å². The smallest absolute Gasteiger partial charge is 0.266 e. The molecule has 20 nitrogen and oxygen atoms in total. The SMILES string of the molecule is CC(C)(c1ccc(O)c(-n2c(=O)c3cc4c(=O)n(-c5c(-n6c7ccccc7c7ccccc76)cc(-n6c7ccccc7c7ccccc76)cc5-n5c6ccccc6c6ccccc65)c(=O)c4cc3c2=O)c1)c1ccc(O)c(-n2c(=O)c3cc4c(=O)n(-c5c(-n6c7ccccc7c7ccccc76)cc(-n6c7ccccc7c7ccccc76)cc5-n5c6ccccc6c6ccccc65)c(=O)c4cc3c2=O)c1. The highest BCUT2D eigenvalue weighted by atomic mass is 16.3. The standard InChI is InChI=1S/C119H70N10O10/c1-119(2,65-51-53-107(130)101(55-65)126-111(132)81-61-85-86(62-82(81)112(126)133)116(137)128(115(85)136)109-103(122-93-43-19-7-31-73(93)74-32-8-20-44-94(74)122)57-67(120-89-39-15-3-27-69(89)70-28-4-16-40-90(70)120)58-104(109)123-95-45-21-9-33-75(95)76-34-10-22-46-96(76)123)66-52-54-108(131)102(56-66)127-113(134)83-63-87-88(64-84(83)114(127)135)118(139)129(117(87)138)110-105(124-97-47-23-11-35-77(97)78-36-12-24-48-98(78)124)59-68(121-91-41-17-5-29-71(91)72-30-6-18-42-92(72)121)60-106(110)125-99-49-25-13-37-79(99)80-38-14-26-50-100(80)125/h3-64,130-131H,1-2H3. The fourth-order valence-electron chi connectivity index (χ4n) is 22.8. The molecule has 0 saturated heterocycles. The summed E-state index contributed by atoms with van der Waals surface area (Å²) in [7, 11) is 0. The molecule has 0 atom stereocenters. The molecule has 0 spiro atoms. The molecule has 20 heteroatoms. The van der Waals surface area contributed by atoms with Gasteiger partial charge < -0.3 is 37.6 Å². The predicted molar refractivity (Wildman–Crippen MR) is 557 cm³/mol. The van der Waals surface area contributed by atoms with Gasteiger partial charge in [-0.15, -0.1) is 0 Å². The Morgan fingerprint density at radius 2 is 0.331 bits per heavy atom. The van der Waals surface area contributed by atoms with Crippen LogP contribution in [0.1, 0.15) is 25.0 Å². The van der Waals surface area contributed by atoms with Crippen LogP contribution >= 0.6 is 0 Å². The number of aromatic nitrogens is 10. The van der Waals surface area contributed by atoms with Gasteiger partial charge in [-0.2, -0.15) is 0 Å². The molecule has 2 N–H and O–H groups in total. The molecule has 0 aliphatic rings. The molecule has 18 aromatic carbocycles. The van der Waals surface area contributed by atoms with E-state index in [-0.39, 0.29) is 65.8 Å². The predicted octanol–water partition coefficient (Wildman–Crippen LogP) is 22.4. The summed E-state index contributed by atoms with van der Waals surface area (Å²) in [5.41, 5.74) is 6.32. The second kappa shape index (κ2) is 28.5. The first-order valence-corrected chi connectivity index (χ1v) is 45.8. The largest absolute Gasteiger partial charge is 0.506 e. The average molecular weight is 1800 g/mol. The summed E-state index contributed by atoms with van der Waals surface area (Å²) in [4.78, 5) is 128. The first-order valence-electron chi connectivity index (χ1n) is 45.8. The minimum absolute atomic E-state index is 0.136. The van der Waals surface area contributed by atoms with Gasteiger partial charge in [-0.3, -0.25) is 38.4 Å². The summed E-state index contributed by atoms with van der Waals surface area (Å²) < 4.78 is 16.9. The summed E-state index contributed by atoms with van der Waals surface area (Å²) in [6.45, 7) is 3.61. The monoisotopic (exact) mass is 1800 g/mol. The normalized spacial score (nSPS) is 12.4.